The Hall–Kier alpha value is -2.71. The molecule has 0 aliphatic heterocycles. The second kappa shape index (κ2) is 8.79. The highest BCUT2D eigenvalue weighted by atomic mass is 32.2. The van der Waals surface area contributed by atoms with Gasteiger partial charge in [-0.2, -0.15) is 0 Å². The molecule has 3 N–H and O–H groups in total. The molecule has 2 aromatic rings. The van der Waals surface area contributed by atoms with Gasteiger partial charge in [0, 0.05) is 31.3 Å². The largest absolute Gasteiger partial charge is 0.351 e. The molecule has 2 rings (SSSR count). The van der Waals surface area contributed by atoms with Crippen LogP contribution in [0, 0.1) is 13.8 Å². The summed E-state index contributed by atoms with van der Waals surface area (Å²) in [5.74, 6) is -0.515. The first-order chi connectivity index (χ1) is 12.7. The average Bonchev–Trinajstić information content (AvgIpc) is 2.58. The van der Waals surface area contributed by atoms with Gasteiger partial charge in [0.25, 0.3) is 5.91 Å². The Labute approximate surface area is 159 Å². The standard InChI is InChI=1S/C19H23N3O4S/c1-13-4-9-18(14(2)12-13)27(25,26)21-11-10-20-19(24)16-5-7-17(8-6-16)22-15(3)23/h4-9,12,21H,10-11H2,1-3H3,(H,20,24)(H,22,23). The fourth-order valence-corrected chi connectivity index (χ4v) is 3.81. The highest BCUT2D eigenvalue weighted by molar-refractivity contribution is 7.89. The quantitative estimate of drug-likeness (QED) is 0.630. The van der Waals surface area contributed by atoms with Crippen molar-refractivity contribution in [3.63, 3.8) is 0 Å². The molecule has 0 aliphatic carbocycles. The molecule has 0 heterocycles. The zero-order valence-electron chi connectivity index (χ0n) is 15.5. The van der Waals surface area contributed by atoms with Gasteiger partial charge < -0.3 is 10.6 Å². The zero-order valence-corrected chi connectivity index (χ0v) is 16.3. The number of aryl methyl sites for hydroxylation is 2. The first kappa shape index (κ1) is 20.6. The van der Waals surface area contributed by atoms with E-state index in [1.54, 1.807) is 49.4 Å². The van der Waals surface area contributed by atoms with Crippen LogP contribution in [0.5, 0.6) is 0 Å². The molecule has 0 radical (unpaired) electrons. The molecule has 0 atom stereocenters. The van der Waals surface area contributed by atoms with Gasteiger partial charge in [-0.3, -0.25) is 9.59 Å². The summed E-state index contributed by atoms with van der Waals surface area (Å²) in [4.78, 5) is 23.3. The number of benzene rings is 2. The van der Waals surface area contributed by atoms with Crippen molar-refractivity contribution in [3.05, 3.63) is 59.2 Å². The molecule has 8 heteroatoms. The highest BCUT2D eigenvalue weighted by Crippen LogP contribution is 2.16. The summed E-state index contributed by atoms with van der Waals surface area (Å²) < 4.78 is 27.2. The van der Waals surface area contributed by atoms with Gasteiger partial charge in [0.2, 0.25) is 15.9 Å². The van der Waals surface area contributed by atoms with E-state index in [1.807, 2.05) is 6.92 Å². The maximum Gasteiger partial charge on any atom is 0.251 e. The van der Waals surface area contributed by atoms with E-state index in [1.165, 1.54) is 6.92 Å². The van der Waals surface area contributed by atoms with Crippen LogP contribution in [-0.2, 0) is 14.8 Å². The Morgan fingerprint density at radius 1 is 0.963 bits per heavy atom. The molecule has 0 bridgehead atoms. The fourth-order valence-electron chi connectivity index (χ4n) is 2.55. The molecular weight excluding hydrogens is 366 g/mol. The van der Waals surface area contributed by atoms with Crippen molar-refractivity contribution in [1.82, 2.24) is 10.0 Å². The Balaban J connectivity index is 1.86. The van der Waals surface area contributed by atoms with Crippen molar-refractivity contribution in [2.75, 3.05) is 18.4 Å². The van der Waals surface area contributed by atoms with Crippen molar-refractivity contribution in [3.8, 4) is 0 Å². The summed E-state index contributed by atoms with van der Waals surface area (Å²) in [6.45, 7) is 5.27. The number of carbonyl (C=O) groups excluding carboxylic acids is 2. The van der Waals surface area contributed by atoms with E-state index in [4.69, 9.17) is 0 Å². The first-order valence-electron chi connectivity index (χ1n) is 8.42. The number of hydrogen-bond donors (Lipinski definition) is 3. The smallest absolute Gasteiger partial charge is 0.251 e. The van der Waals surface area contributed by atoms with E-state index in [2.05, 4.69) is 15.4 Å². The number of rotatable bonds is 7. The Bertz CT molecular complexity index is 938. The first-order valence-corrected chi connectivity index (χ1v) is 9.90. The van der Waals surface area contributed by atoms with Crippen molar-refractivity contribution in [2.24, 2.45) is 0 Å². The van der Waals surface area contributed by atoms with E-state index in [0.29, 0.717) is 16.8 Å². The van der Waals surface area contributed by atoms with Crippen LogP contribution in [0.3, 0.4) is 0 Å². The minimum atomic E-state index is -3.63. The number of nitrogens with one attached hydrogen (secondary N) is 3. The van der Waals surface area contributed by atoms with Crippen molar-refractivity contribution >= 4 is 27.5 Å². The molecule has 0 spiro atoms. The van der Waals surface area contributed by atoms with Crippen LogP contribution in [0.4, 0.5) is 5.69 Å². The lowest BCUT2D eigenvalue weighted by atomic mass is 10.2. The van der Waals surface area contributed by atoms with Gasteiger partial charge in [-0.15, -0.1) is 0 Å². The van der Waals surface area contributed by atoms with Gasteiger partial charge in [0.05, 0.1) is 4.90 Å². The van der Waals surface area contributed by atoms with Crippen LogP contribution >= 0.6 is 0 Å². The number of anilines is 1. The van der Waals surface area contributed by atoms with E-state index in [-0.39, 0.29) is 29.8 Å². The number of sulfonamides is 1. The molecule has 0 fully saturated rings. The third-order valence-corrected chi connectivity index (χ3v) is 5.41. The average molecular weight is 389 g/mol. The van der Waals surface area contributed by atoms with E-state index in [9.17, 15) is 18.0 Å². The molecule has 0 unspecified atom stereocenters. The van der Waals surface area contributed by atoms with E-state index >= 15 is 0 Å². The molecule has 27 heavy (non-hydrogen) atoms. The molecule has 7 nitrogen and oxygen atoms in total. The number of carbonyl (C=O) groups is 2. The monoisotopic (exact) mass is 389 g/mol. The molecule has 0 saturated heterocycles. The maximum absolute atomic E-state index is 12.3. The van der Waals surface area contributed by atoms with Crippen LogP contribution in [0.1, 0.15) is 28.4 Å². The summed E-state index contributed by atoms with van der Waals surface area (Å²) in [5.41, 5.74) is 2.68. The summed E-state index contributed by atoms with van der Waals surface area (Å²) in [6, 6.07) is 11.5. The zero-order chi connectivity index (χ0) is 20.0. The Morgan fingerprint density at radius 2 is 1.63 bits per heavy atom. The summed E-state index contributed by atoms with van der Waals surface area (Å²) in [7, 11) is -3.63. The molecule has 144 valence electrons. The van der Waals surface area contributed by atoms with Gasteiger partial charge in [-0.1, -0.05) is 17.7 Å². The second-order valence-electron chi connectivity index (χ2n) is 6.18. The van der Waals surface area contributed by atoms with E-state index in [0.717, 1.165) is 5.56 Å². The van der Waals surface area contributed by atoms with Crippen molar-refractivity contribution in [1.29, 1.82) is 0 Å². The minimum absolute atomic E-state index is 0.0748. The second-order valence-corrected chi connectivity index (χ2v) is 7.92. The molecular formula is C19H23N3O4S. The van der Waals surface area contributed by atoms with Crippen molar-refractivity contribution in [2.45, 2.75) is 25.7 Å². The van der Waals surface area contributed by atoms with Gasteiger partial charge in [-0.25, -0.2) is 13.1 Å². The molecule has 0 aromatic heterocycles. The topological polar surface area (TPSA) is 104 Å². The van der Waals surface area contributed by atoms with Gasteiger partial charge >= 0.3 is 0 Å². The minimum Gasteiger partial charge on any atom is -0.351 e. The molecule has 0 saturated carbocycles. The Morgan fingerprint density at radius 3 is 2.22 bits per heavy atom. The maximum atomic E-state index is 12.3. The van der Waals surface area contributed by atoms with Gasteiger partial charge in [-0.05, 0) is 49.7 Å². The third kappa shape index (κ3) is 5.90. The van der Waals surface area contributed by atoms with Crippen LogP contribution in [0.25, 0.3) is 0 Å². The predicted octanol–water partition coefficient (Wildman–Crippen LogP) is 1.97. The summed E-state index contributed by atoms with van der Waals surface area (Å²) in [5, 5.41) is 5.27. The van der Waals surface area contributed by atoms with Gasteiger partial charge in [0.15, 0.2) is 0 Å². The Kier molecular flexibility index (Phi) is 6.70. The summed E-state index contributed by atoms with van der Waals surface area (Å²) in [6.07, 6.45) is 0. The third-order valence-electron chi connectivity index (χ3n) is 3.79. The van der Waals surface area contributed by atoms with Crippen LogP contribution in [-0.4, -0.2) is 33.3 Å². The summed E-state index contributed by atoms with van der Waals surface area (Å²) >= 11 is 0. The number of hydrogen-bond acceptors (Lipinski definition) is 4. The highest BCUT2D eigenvalue weighted by Gasteiger charge is 2.16. The molecule has 2 amide bonds. The van der Waals surface area contributed by atoms with Crippen LogP contribution in [0.2, 0.25) is 0 Å². The lowest BCUT2D eigenvalue weighted by Gasteiger charge is -2.11. The normalized spacial score (nSPS) is 11.1. The molecule has 2 aromatic carbocycles. The SMILES string of the molecule is CC(=O)Nc1ccc(C(=O)NCCNS(=O)(=O)c2ccc(C)cc2C)cc1. The van der Waals surface area contributed by atoms with E-state index < -0.39 is 10.0 Å². The fraction of sp³-hybridized carbons (Fsp3) is 0.263. The van der Waals surface area contributed by atoms with Crippen LogP contribution < -0.4 is 15.4 Å². The van der Waals surface area contributed by atoms with Crippen LogP contribution in [0.15, 0.2) is 47.4 Å². The lowest BCUT2D eigenvalue weighted by Crippen LogP contribution is -2.34. The van der Waals surface area contributed by atoms with Gasteiger partial charge in [0.1, 0.15) is 0 Å². The lowest BCUT2D eigenvalue weighted by molar-refractivity contribution is -0.114. The number of amides is 2. The van der Waals surface area contributed by atoms with Crippen molar-refractivity contribution < 1.29 is 18.0 Å². The molecule has 0 aliphatic rings. The predicted molar refractivity (Wildman–Crippen MR) is 104 cm³/mol.